The Labute approximate surface area is 107 Å². The smallest absolute Gasteiger partial charge is 0.414 e. The fraction of sp³-hybridized carbons (Fsp3) is 0.500. The average Bonchev–Trinajstić information content (AvgIpc) is 2.78. The van der Waals surface area contributed by atoms with Crippen LogP contribution < -0.4 is 4.90 Å². The SMILES string of the molecule is CCC1CN(c2ccc(CCOC)cc2)C(=O)O1. The highest BCUT2D eigenvalue weighted by Gasteiger charge is 2.30. The molecule has 1 unspecified atom stereocenters. The zero-order chi connectivity index (χ0) is 13.0. The molecule has 0 spiro atoms. The molecule has 1 aliphatic heterocycles. The van der Waals surface area contributed by atoms with Gasteiger partial charge in [-0.3, -0.25) is 4.90 Å². The normalized spacial score (nSPS) is 19.1. The minimum absolute atomic E-state index is 0.0191. The van der Waals surface area contributed by atoms with E-state index in [2.05, 4.69) is 0 Å². The number of rotatable bonds is 5. The highest BCUT2D eigenvalue weighted by molar-refractivity contribution is 5.89. The number of ether oxygens (including phenoxy) is 2. The molecule has 0 aliphatic carbocycles. The van der Waals surface area contributed by atoms with Gasteiger partial charge in [0.25, 0.3) is 0 Å². The van der Waals surface area contributed by atoms with Crippen LogP contribution in [0.2, 0.25) is 0 Å². The summed E-state index contributed by atoms with van der Waals surface area (Å²) in [6, 6.07) is 7.98. The molecule has 1 aromatic carbocycles. The van der Waals surface area contributed by atoms with E-state index >= 15 is 0 Å². The molecule has 1 amide bonds. The number of nitrogens with zero attached hydrogens (tertiary/aromatic N) is 1. The van der Waals surface area contributed by atoms with E-state index in [1.165, 1.54) is 5.56 Å². The van der Waals surface area contributed by atoms with Crippen LogP contribution in [-0.4, -0.2) is 32.5 Å². The zero-order valence-electron chi connectivity index (χ0n) is 10.9. The maximum atomic E-state index is 11.7. The van der Waals surface area contributed by atoms with Crippen molar-refractivity contribution in [1.82, 2.24) is 0 Å². The number of amides is 1. The molecule has 1 heterocycles. The van der Waals surface area contributed by atoms with Gasteiger partial charge in [0.05, 0.1) is 13.2 Å². The number of carbonyl (C=O) groups excluding carboxylic acids is 1. The summed E-state index contributed by atoms with van der Waals surface area (Å²) in [4.78, 5) is 13.4. The second kappa shape index (κ2) is 5.87. The van der Waals surface area contributed by atoms with Crippen LogP contribution in [0.3, 0.4) is 0 Å². The van der Waals surface area contributed by atoms with E-state index in [1.807, 2.05) is 31.2 Å². The van der Waals surface area contributed by atoms with E-state index in [4.69, 9.17) is 9.47 Å². The molecule has 0 radical (unpaired) electrons. The molecular weight excluding hydrogens is 230 g/mol. The number of benzene rings is 1. The lowest BCUT2D eigenvalue weighted by molar-refractivity contribution is 0.139. The lowest BCUT2D eigenvalue weighted by atomic mass is 10.1. The van der Waals surface area contributed by atoms with Gasteiger partial charge < -0.3 is 9.47 Å². The first kappa shape index (κ1) is 12.9. The fourth-order valence-electron chi connectivity index (χ4n) is 2.01. The van der Waals surface area contributed by atoms with E-state index in [-0.39, 0.29) is 12.2 Å². The van der Waals surface area contributed by atoms with Crippen molar-refractivity contribution in [1.29, 1.82) is 0 Å². The summed E-state index contributed by atoms with van der Waals surface area (Å²) in [5, 5.41) is 0. The van der Waals surface area contributed by atoms with Crippen molar-refractivity contribution in [3.05, 3.63) is 29.8 Å². The Hall–Kier alpha value is -1.55. The molecule has 2 rings (SSSR count). The Morgan fingerprint density at radius 3 is 2.67 bits per heavy atom. The molecule has 0 aromatic heterocycles. The van der Waals surface area contributed by atoms with Crippen molar-refractivity contribution in [3.8, 4) is 0 Å². The fourth-order valence-corrected chi connectivity index (χ4v) is 2.01. The van der Waals surface area contributed by atoms with Crippen molar-refractivity contribution in [2.75, 3.05) is 25.2 Å². The van der Waals surface area contributed by atoms with Gasteiger partial charge in [-0.2, -0.15) is 0 Å². The predicted molar refractivity (Wildman–Crippen MR) is 69.9 cm³/mol. The van der Waals surface area contributed by atoms with Crippen LogP contribution in [0.1, 0.15) is 18.9 Å². The molecule has 0 N–H and O–H groups in total. The lowest BCUT2D eigenvalue weighted by Crippen LogP contribution is -2.24. The van der Waals surface area contributed by atoms with Gasteiger partial charge in [0.2, 0.25) is 0 Å². The number of cyclic esters (lactones) is 1. The third kappa shape index (κ3) is 2.82. The molecule has 4 heteroatoms. The van der Waals surface area contributed by atoms with Crippen LogP contribution in [0, 0.1) is 0 Å². The van der Waals surface area contributed by atoms with Gasteiger partial charge in [-0.1, -0.05) is 19.1 Å². The molecule has 18 heavy (non-hydrogen) atoms. The highest BCUT2D eigenvalue weighted by Crippen LogP contribution is 2.23. The van der Waals surface area contributed by atoms with Crippen LogP contribution >= 0.6 is 0 Å². The molecule has 98 valence electrons. The summed E-state index contributed by atoms with van der Waals surface area (Å²) in [7, 11) is 1.69. The largest absolute Gasteiger partial charge is 0.444 e. The maximum absolute atomic E-state index is 11.7. The average molecular weight is 249 g/mol. The molecule has 1 aliphatic rings. The van der Waals surface area contributed by atoms with E-state index in [9.17, 15) is 4.79 Å². The van der Waals surface area contributed by atoms with Gasteiger partial charge in [0.1, 0.15) is 6.10 Å². The van der Waals surface area contributed by atoms with Crippen LogP contribution in [0.4, 0.5) is 10.5 Å². The molecule has 4 nitrogen and oxygen atoms in total. The van der Waals surface area contributed by atoms with Gasteiger partial charge in [-0.25, -0.2) is 4.79 Å². The minimum Gasteiger partial charge on any atom is -0.444 e. The van der Waals surface area contributed by atoms with Gasteiger partial charge in [-0.15, -0.1) is 0 Å². The highest BCUT2D eigenvalue weighted by atomic mass is 16.6. The Morgan fingerprint density at radius 1 is 1.39 bits per heavy atom. The van der Waals surface area contributed by atoms with Gasteiger partial charge in [0, 0.05) is 12.8 Å². The first-order valence-corrected chi connectivity index (χ1v) is 6.30. The number of hydrogen-bond donors (Lipinski definition) is 0. The van der Waals surface area contributed by atoms with Crippen molar-refractivity contribution < 1.29 is 14.3 Å². The first-order chi connectivity index (χ1) is 8.74. The Kier molecular flexibility index (Phi) is 4.20. The van der Waals surface area contributed by atoms with Crippen molar-refractivity contribution in [2.45, 2.75) is 25.9 Å². The van der Waals surface area contributed by atoms with E-state index in [0.29, 0.717) is 13.2 Å². The molecule has 1 saturated heterocycles. The van der Waals surface area contributed by atoms with Crippen LogP contribution in [0.5, 0.6) is 0 Å². The number of carbonyl (C=O) groups is 1. The number of methoxy groups -OCH3 is 1. The standard InChI is InChI=1S/C14H19NO3/c1-3-13-10-15(14(16)18-13)12-6-4-11(5-7-12)8-9-17-2/h4-7,13H,3,8-10H2,1-2H3. The third-order valence-electron chi connectivity index (χ3n) is 3.17. The molecular formula is C14H19NO3. The lowest BCUT2D eigenvalue weighted by Gasteiger charge is -2.13. The molecule has 0 bridgehead atoms. The second-order valence-corrected chi connectivity index (χ2v) is 4.43. The summed E-state index contributed by atoms with van der Waals surface area (Å²) in [6.07, 6.45) is 1.52. The number of anilines is 1. The first-order valence-electron chi connectivity index (χ1n) is 6.30. The van der Waals surface area contributed by atoms with Gasteiger partial charge in [-0.05, 0) is 30.5 Å². The summed E-state index contributed by atoms with van der Waals surface area (Å²) in [6.45, 7) is 3.38. The minimum atomic E-state index is -0.244. The molecule has 1 fully saturated rings. The van der Waals surface area contributed by atoms with Crippen LogP contribution in [-0.2, 0) is 15.9 Å². The van der Waals surface area contributed by atoms with Crippen LogP contribution in [0.15, 0.2) is 24.3 Å². The summed E-state index contributed by atoms with van der Waals surface area (Å²) < 4.78 is 10.3. The predicted octanol–water partition coefficient (Wildman–Crippen LogP) is 2.61. The Bertz CT molecular complexity index is 402. The summed E-state index contributed by atoms with van der Waals surface area (Å²) in [5.41, 5.74) is 2.11. The van der Waals surface area contributed by atoms with Crippen LogP contribution in [0.25, 0.3) is 0 Å². The maximum Gasteiger partial charge on any atom is 0.414 e. The van der Waals surface area contributed by atoms with E-state index in [1.54, 1.807) is 12.0 Å². The topological polar surface area (TPSA) is 38.8 Å². The van der Waals surface area contributed by atoms with E-state index in [0.717, 1.165) is 18.5 Å². The number of hydrogen-bond acceptors (Lipinski definition) is 3. The Morgan fingerprint density at radius 2 is 2.11 bits per heavy atom. The van der Waals surface area contributed by atoms with Gasteiger partial charge in [0.15, 0.2) is 0 Å². The monoisotopic (exact) mass is 249 g/mol. The molecule has 1 atom stereocenters. The molecule has 0 saturated carbocycles. The van der Waals surface area contributed by atoms with E-state index < -0.39 is 0 Å². The third-order valence-corrected chi connectivity index (χ3v) is 3.17. The van der Waals surface area contributed by atoms with Crippen molar-refractivity contribution >= 4 is 11.8 Å². The summed E-state index contributed by atoms with van der Waals surface area (Å²) in [5.74, 6) is 0. The zero-order valence-corrected chi connectivity index (χ0v) is 10.9. The van der Waals surface area contributed by atoms with Gasteiger partial charge >= 0.3 is 6.09 Å². The second-order valence-electron chi connectivity index (χ2n) is 4.43. The quantitative estimate of drug-likeness (QED) is 0.805. The van der Waals surface area contributed by atoms with Crippen molar-refractivity contribution in [3.63, 3.8) is 0 Å². The summed E-state index contributed by atoms with van der Waals surface area (Å²) >= 11 is 0. The Balaban J connectivity index is 2.03. The molecule has 1 aromatic rings. The van der Waals surface area contributed by atoms with Crippen molar-refractivity contribution in [2.24, 2.45) is 0 Å².